The van der Waals surface area contributed by atoms with E-state index < -0.39 is 6.10 Å². The first-order valence-corrected chi connectivity index (χ1v) is 5.22. The van der Waals surface area contributed by atoms with Crippen molar-refractivity contribution in [3.63, 3.8) is 0 Å². The number of benzene rings is 1. The van der Waals surface area contributed by atoms with Crippen molar-refractivity contribution < 1.29 is 5.11 Å². The topological polar surface area (TPSA) is 20.2 Å². The van der Waals surface area contributed by atoms with Gasteiger partial charge in [0.15, 0.2) is 0 Å². The monoisotopic (exact) mass is 252 g/mol. The van der Waals surface area contributed by atoms with Gasteiger partial charge < -0.3 is 5.11 Å². The minimum Gasteiger partial charge on any atom is -0.389 e. The van der Waals surface area contributed by atoms with Gasteiger partial charge in [-0.05, 0) is 10.0 Å². The summed E-state index contributed by atoms with van der Waals surface area (Å²) < 4.78 is 0.808. The fourth-order valence-corrected chi connectivity index (χ4v) is 1.41. The Kier molecular flexibility index (Phi) is 4.63. The van der Waals surface area contributed by atoms with E-state index in [-0.39, 0.29) is 0 Å². The molecule has 1 nitrogen and oxygen atoms in total. The largest absolute Gasteiger partial charge is 0.389 e. The van der Waals surface area contributed by atoms with Crippen molar-refractivity contribution in [1.29, 1.82) is 0 Å². The standard InChI is InChI=1S/C12H13BrO/c1-10(13)9-12(14)8-7-11-5-3-2-4-6-11/h2-8,12,14H,1,9H2/b8-7+/t12-/m1/s1. The molecule has 1 atom stereocenters. The smallest absolute Gasteiger partial charge is 0.0769 e. The molecule has 0 unspecified atom stereocenters. The van der Waals surface area contributed by atoms with E-state index in [4.69, 9.17) is 0 Å². The summed E-state index contributed by atoms with van der Waals surface area (Å²) in [6, 6.07) is 9.89. The highest BCUT2D eigenvalue weighted by molar-refractivity contribution is 9.11. The molecule has 1 aromatic carbocycles. The molecule has 0 aliphatic carbocycles. The lowest BCUT2D eigenvalue weighted by atomic mass is 10.1. The molecule has 1 N–H and O–H groups in total. The summed E-state index contributed by atoms with van der Waals surface area (Å²) in [5, 5.41) is 9.50. The van der Waals surface area contributed by atoms with Crippen molar-refractivity contribution in [3.8, 4) is 0 Å². The Hall–Kier alpha value is -0.860. The van der Waals surface area contributed by atoms with Crippen molar-refractivity contribution in [2.24, 2.45) is 0 Å². The van der Waals surface area contributed by atoms with Gasteiger partial charge in [-0.1, -0.05) is 65.0 Å². The Balaban J connectivity index is 2.52. The van der Waals surface area contributed by atoms with Crippen LogP contribution in [0.25, 0.3) is 6.08 Å². The Morgan fingerprint density at radius 3 is 2.64 bits per heavy atom. The number of aliphatic hydroxyl groups is 1. The summed E-state index contributed by atoms with van der Waals surface area (Å²) in [5.41, 5.74) is 1.09. The highest BCUT2D eigenvalue weighted by Crippen LogP contribution is 2.11. The molecule has 0 aliphatic heterocycles. The zero-order chi connectivity index (χ0) is 10.4. The van der Waals surface area contributed by atoms with Crippen LogP contribution in [0.5, 0.6) is 0 Å². The average Bonchev–Trinajstić information content (AvgIpc) is 2.15. The Morgan fingerprint density at radius 1 is 1.43 bits per heavy atom. The van der Waals surface area contributed by atoms with Crippen molar-refractivity contribution in [2.45, 2.75) is 12.5 Å². The quantitative estimate of drug-likeness (QED) is 0.872. The molecule has 0 spiro atoms. The molecule has 1 aromatic rings. The molecule has 0 aromatic heterocycles. The van der Waals surface area contributed by atoms with E-state index in [1.165, 1.54) is 0 Å². The number of halogens is 1. The zero-order valence-electron chi connectivity index (χ0n) is 7.86. The first-order chi connectivity index (χ1) is 6.68. The fraction of sp³-hybridized carbons (Fsp3) is 0.167. The van der Waals surface area contributed by atoms with Crippen LogP contribution in [0, 0.1) is 0 Å². The molecule has 0 amide bonds. The van der Waals surface area contributed by atoms with Crippen molar-refractivity contribution in [2.75, 3.05) is 0 Å². The first-order valence-electron chi connectivity index (χ1n) is 4.43. The van der Waals surface area contributed by atoms with Crippen LogP contribution in [0.4, 0.5) is 0 Å². The fourth-order valence-electron chi connectivity index (χ4n) is 1.08. The Labute approximate surface area is 92.9 Å². The minimum absolute atomic E-state index is 0.470. The third-order valence-electron chi connectivity index (χ3n) is 1.74. The maximum absolute atomic E-state index is 9.50. The van der Waals surface area contributed by atoms with Crippen LogP contribution in [0.2, 0.25) is 0 Å². The van der Waals surface area contributed by atoms with E-state index in [1.807, 2.05) is 36.4 Å². The molecule has 0 radical (unpaired) electrons. The lowest BCUT2D eigenvalue weighted by Crippen LogP contribution is -2.00. The van der Waals surface area contributed by atoms with Gasteiger partial charge in [0, 0.05) is 6.42 Å². The SMILES string of the molecule is C=C(Br)C[C@H](O)/C=C/c1ccccc1. The minimum atomic E-state index is -0.470. The van der Waals surface area contributed by atoms with Gasteiger partial charge in [-0.3, -0.25) is 0 Å². The van der Waals surface area contributed by atoms with Crippen molar-refractivity contribution in [1.82, 2.24) is 0 Å². The van der Waals surface area contributed by atoms with Crippen LogP contribution >= 0.6 is 15.9 Å². The molecular weight excluding hydrogens is 240 g/mol. The highest BCUT2D eigenvalue weighted by atomic mass is 79.9. The van der Waals surface area contributed by atoms with Crippen LogP contribution in [0.1, 0.15) is 12.0 Å². The van der Waals surface area contributed by atoms with Crippen LogP contribution in [-0.2, 0) is 0 Å². The summed E-state index contributed by atoms with van der Waals surface area (Å²) in [6.45, 7) is 3.67. The Bertz CT molecular complexity index is 316. The van der Waals surface area contributed by atoms with Gasteiger partial charge in [0.25, 0.3) is 0 Å². The van der Waals surface area contributed by atoms with Gasteiger partial charge in [0.2, 0.25) is 0 Å². The summed E-state index contributed by atoms with van der Waals surface area (Å²) in [5.74, 6) is 0. The van der Waals surface area contributed by atoms with Crippen LogP contribution in [0.15, 0.2) is 47.5 Å². The molecule has 14 heavy (non-hydrogen) atoms. The third kappa shape index (κ3) is 4.40. The van der Waals surface area contributed by atoms with E-state index in [9.17, 15) is 5.11 Å². The molecule has 0 aliphatic rings. The number of aliphatic hydroxyl groups excluding tert-OH is 1. The zero-order valence-corrected chi connectivity index (χ0v) is 9.44. The molecule has 1 rings (SSSR count). The highest BCUT2D eigenvalue weighted by Gasteiger charge is 1.98. The second kappa shape index (κ2) is 5.78. The van der Waals surface area contributed by atoms with E-state index in [2.05, 4.69) is 22.5 Å². The second-order valence-corrected chi connectivity index (χ2v) is 4.18. The maximum atomic E-state index is 9.50. The van der Waals surface area contributed by atoms with Gasteiger partial charge >= 0.3 is 0 Å². The average molecular weight is 253 g/mol. The molecule has 0 saturated carbocycles. The molecular formula is C12H13BrO. The summed E-state index contributed by atoms with van der Waals surface area (Å²) in [6.07, 6.45) is 3.74. The lowest BCUT2D eigenvalue weighted by molar-refractivity contribution is 0.227. The predicted octanol–water partition coefficient (Wildman–Crippen LogP) is 3.36. The number of rotatable bonds is 4. The van der Waals surface area contributed by atoms with Crippen molar-refractivity contribution in [3.05, 3.63) is 53.0 Å². The van der Waals surface area contributed by atoms with Gasteiger partial charge in [0.1, 0.15) is 0 Å². The van der Waals surface area contributed by atoms with E-state index >= 15 is 0 Å². The third-order valence-corrected chi connectivity index (χ3v) is 2.06. The second-order valence-electron chi connectivity index (χ2n) is 3.06. The van der Waals surface area contributed by atoms with Crippen LogP contribution < -0.4 is 0 Å². The van der Waals surface area contributed by atoms with Gasteiger partial charge in [0.05, 0.1) is 6.10 Å². The molecule has 74 valence electrons. The molecule has 0 saturated heterocycles. The van der Waals surface area contributed by atoms with Gasteiger partial charge in [-0.15, -0.1) is 0 Å². The number of hydrogen-bond acceptors (Lipinski definition) is 1. The summed E-state index contributed by atoms with van der Waals surface area (Å²) in [7, 11) is 0. The van der Waals surface area contributed by atoms with Crippen LogP contribution in [0.3, 0.4) is 0 Å². The normalized spacial score (nSPS) is 13.0. The molecule has 2 heteroatoms. The summed E-state index contributed by atoms with van der Waals surface area (Å²) >= 11 is 3.21. The lowest BCUT2D eigenvalue weighted by Gasteiger charge is -2.02. The molecule has 0 bridgehead atoms. The van der Waals surface area contributed by atoms with Gasteiger partial charge in [-0.2, -0.15) is 0 Å². The van der Waals surface area contributed by atoms with Gasteiger partial charge in [-0.25, -0.2) is 0 Å². The van der Waals surface area contributed by atoms with Crippen molar-refractivity contribution >= 4 is 22.0 Å². The Morgan fingerprint density at radius 2 is 2.07 bits per heavy atom. The predicted molar refractivity (Wildman–Crippen MR) is 64.2 cm³/mol. The van der Waals surface area contributed by atoms with E-state index in [1.54, 1.807) is 6.08 Å². The molecule has 0 heterocycles. The number of hydrogen-bond donors (Lipinski definition) is 1. The first kappa shape index (κ1) is 11.2. The van der Waals surface area contributed by atoms with Crippen LogP contribution in [-0.4, -0.2) is 11.2 Å². The summed E-state index contributed by atoms with van der Waals surface area (Å²) in [4.78, 5) is 0. The van der Waals surface area contributed by atoms with E-state index in [0.29, 0.717) is 6.42 Å². The van der Waals surface area contributed by atoms with E-state index in [0.717, 1.165) is 10.0 Å². The maximum Gasteiger partial charge on any atom is 0.0769 e. The molecule has 0 fully saturated rings.